The molecule has 3 heterocycles. The molecule has 0 aromatic carbocycles. The van der Waals surface area contributed by atoms with E-state index in [2.05, 4.69) is 29.1 Å². The zero-order valence-corrected chi connectivity index (χ0v) is 12.8. The van der Waals surface area contributed by atoms with Crippen molar-refractivity contribution in [2.45, 2.75) is 63.6 Å². The molecule has 110 valence electrons. The summed E-state index contributed by atoms with van der Waals surface area (Å²) in [5, 5.41) is 3.68. The van der Waals surface area contributed by atoms with Crippen LogP contribution in [0.15, 0.2) is 0 Å². The van der Waals surface area contributed by atoms with Crippen molar-refractivity contribution in [1.29, 1.82) is 0 Å². The summed E-state index contributed by atoms with van der Waals surface area (Å²) in [6.45, 7) is 7.39. The van der Waals surface area contributed by atoms with Crippen LogP contribution >= 0.6 is 0 Å². The molecule has 19 heavy (non-hydrogen) atoms. The smallest absolute Gasteiger partial charge is 0.0114 e. The molecule has 0 aliphatic carbocycles. The zero-order valence-electron chi connectivity index (χ0n) is 12.8. The first kappa shape index (κ1) is 13.8. The lowest BCUT2D eigenvalue weighted by molar-refractivity contribution is 0.0763. The van der Waals surface area contributed by atoms with E-state index in [4.69, 9.17) is 0 Å². The van der Waals surface area contributed by atoms with Crippen LogP contribution < -0.4 is 5.32 Å². The van der Waals surface area contributed by atoms with Gasteiger partial charge in [-0.3, -0.25) is 4.90 Å². The van der Waals surface area contributed by atoms with Crippen LogP contribution in [0.1, 0.15) is 45.4 Å². The maximum Gasteiger partial charge on any atom is 0.0114 e. The number of nitrogens with zero attached hydrogens (tertiary/aromatic N) is 2. The molecule has 0 saturated carbocycles. The van der Waals surface area contributed by atoms with E-state index in [9.17, 15) is 0 Å². The van der Waals surface area contributed by atoms with E-state index < -0.39 is 0 Å². The third-order valence-corrected chi connectivity index (χ3v) is 5.57. The highest BCUT2D eigenvalue weighted by Gasteiger charge is 2.41. The van der Waals surface area contributed by atoms with Crippen molar-refractivity contribution in [3.63, 3.8) is 0 Å². The molecule has 3 aliphatic rings. The minimum Gasteiger partial charge on any atom is -0.314 e. The van der Waals surface area contributed by atoms with Gasteiger partial charge in [0, 0.05) is 31.2 Å². The Kier molecular flexibility index (Phi) is 4.45. The molecule has 0 aromatic heterocycles. The van der Waals surface area contributed by atoms with E-state index in [1.807, 2.05) is 0 Å². The summed E-state index contributed by atoms with van der Waals surface area (Å²) in [5.41, 5.74) is 0. The minimum absolute atomic E-state index is 0.799. The van der Waals surface area contributed by atoms with Crippen molar-refractivity contribution < 1.29 is 0 Å². The Labute approximate surface area is 118 Å². The van der Waals surface area contributed by atoms with Gasteiger partial charge in [0.2, 0.25) is 0 Å². The summed E-state index contributed by atoms with van der Waals surface area (Å²) in [5.74, 6) is 0.928. The molecular weight excluding hydrogens is 234 g/mol. The van der Waals surface area contributed by atoms with Gasteiger partial charge in [-0.1, -0.05) is 6.92 Å². The summed E-state index contributed by atoms with van der Waals surface area (Å²) >= 11 is 0. The van der Waals surface area contributed by atoms with E-state index >= 15 is 0 Å². The van der Waals surface area contributed by atoms with E-state index in [1.54, 1.807) is 0 Å². The molecule has 3 rings (SSSR count). The van der Waals surface area contributed by atoms with Gasteiger partial charge >= 0.3 is 0 Å². The van der Waals surface area contributed by atoms with Crippen molar-refractivity contribution >= 4 is 0 Å². The van der Waals surface area contributed by atoms with Crippen LogP contribution in [0.2, 0.25) is 0 Å². The number of likely N-dealkylation sites (tertiary alicyclic amines) is 1. The average Bonchev–Trinajstić information content (AvgIpc) is 2.62. The number of hydrogen-bond donors (Lipinski definition) is 1. The normalized spacial score (nSPS) is 40.7. The Morgan fingerprint density at radius 3 is 2.47 bits per heavy atom. The second-order valence-electron chi connectivity index (χ2n) is 7.08. The summed E-state index contributed by atoms with van der Waals surface area (Å²) in [4.78, 5) is 5.42. The molecule has 3 fully saturated rings. The molecule has 3 atom stereocenters. The van der Waals surface area contributed by atoms with Gasteiger partial charge in [0.15, 0.2) is 0 Å². The second-order valence-corrected chi connectivity index (χ2v) is 7.08. The molecule has 0 amide bonds. The molecule has 0 aromatic rings. The number of fused-ring (bicyclic) bond motifs is 2. The molecule has 3 aliphatic heterocycles. The van der Waals surface area contributed by atoms with Crippen LogP contribution in [-0.2, 0) is 0 Å². The lowest BCUT2D eigenvalue weighted by Crippen LogP contribution is -2.51. The van der Waals surface area contributed by atoms with Crippen molar-refractivity contribution in [2.24, 2.45) is 5.92 Å². The van der Waals surface area contributed by atoms with Crippen LogP contribution in [-0.4, -0.2) is 61.2 Å². The third-order valence-electron chi connectivity index (χ3n) is 5.57. The minimum atomic E-state index is 0.799. The number of hydrogen-bond acceptors (Lipinski definition) is 3. The van der Waals surface area contributed by atoms with Gasteiger partial charge in [-0.05, 0) is 64.6 Å². The standard InChI is InChI=1S/C16H31N3/c1-3-17-14-9-15-6-7-16(10-14)19(15)12-13-5-4-8-18(2)11-13/h13-17H,3-12H2,1-2H3. The monoisotopic (exact) mass is 265 g/mol. The van der Waals surface area contributed by atoms with Crippen LogP contribution in [0.4, 0.5) is 0 Å². The summed E-state index contributed by atoms with van der Waals surface area (Å²) in [6, 6.07) is 2.57. The van der Waals surface area contributed by atoms with Crippen LogP contribution in [0.25, 0.3) is 0 Å². The summed E-state index contributed by atoms with van der Waals surface area (Å²) in [7, 11) is 2.29. The third kappa shape index (κ3) is 3.14. The van der Waals surface area contributed by atoms with Crippen LogP contribution in [0.5, 0.6) is 0 Å². The first-order valence-electron chi connectivity index (χ1n) is 8.44. The van der Waals surface area contributed by atoms with Gasteiger partial charge < -0.3 is 10.2 Å². The predicted octanol–water partition coefficient (Wildman–Crippen LogP) is 1.93. The molecule has 3 heteroatoms. The second kappa shape index (κ2) is 6.11. The number of nitrogens with one attached hydrogen (secondary N) is 1. The largest absolute Gasteiger partial charge is 0.314 e. The van der Waals surface area contributed by atoms with Crippen molar-refractivity contribution in [1.82, 2.24) is 15.1 Å². The van der Waals surface area contributed by atoms with Crippen LogP contribution in [0, 0.1) is 5.92 Å². The van der Waals surface area contributed by atoms with E-state index in [-0.39, 0.29) is 0 Å². The topological polar surface area (TPSA) is 18.5 Å². The Morgan fingerprint density at radius 1 is 1.11 bits per heavy atom. The fourth-order valence-corrected chi connectivity index (χ4v) is 4.75. The van der Waals surface area contributed by atoms with E-state index in [0.717, 1.165) is 30.6 Å². The van der Waals surface area contributed by atoms with Crippen molar-refractivity contribution in [2.75, 3.05) is 33.2 Å². The molecule has 0 radical (unpaired) electrons. The van der Waals surface area contributed by atoms with Gasteiger partial charge in [-0.25, -0.2) is 0 Å². The average molecular weight is 265 g/mol. The fraction of sp³-hybridized carbons (Fsp3) is 1.00. The summed E-state index contributed by atoms with van der Waals surface area (Å²) in [6.07, 6.45) is 8.56. The number of rotatable bonds is 4. The molecule has 3 saturated heterocycles. The van der Waals surface area contributed by atoms with Gasteiger partial charge in [0.05, 0.1) is 0 Å². The Morgan fingerprint density at radius 2 is 1.84 bits per heavy atom. The van der Waals surface area contributed by atoms with Crippen molar-refractivity contribution in [3.8, 4) is 0 Å². The molecular formula is C16H31N3. The lowest BCUT2D eigenvalue weighted by Gasteiger charge is -2.42. The molecule has 1 N–H and O–H groups in total. The zero-order chi connectivity index (χ0) is 13.2. The maximum absolute atomic E-state index is 3.68. The lowest BCUT2D eigenvalue weighted by atomic mass is 9.92. The highest BCUT2D eigenvalue weighted by atomic mass is 15.2. The van der Waals surface area contributed by atoms with E-state index in [1.165, 1.54) is 58.2 Å². The van der Waals surface area contributed by atoms with E-state index in [0.29, 0.717) is 0 Å². The molecule has 2 bridgehead atoms. The predicted molar refractivity (Wildman–Crippen MR) is 80.4 cm³/mol. The Bertz CT molecular complexity index is 280. The first-order chi connectivity index (χ1) is 9.26. The Hall–Kier alpha value is -0.120. The first-order valence-corrected chi connectivity index (χ1v) is 8.44. The quantitative estimate of drug-likeness (QED) is 0.838. The van der Waals surface area contributed by atoms with Crippen molar-refractivity contribution in [3.05, 3.63) is 0 Å². The van der Waals surface area contributed by atoms with Gasteiger partial charge in [-0.2, -0.15) is 0 Å². The maximum atomic E-state index is 3.68. The number of piperidine rings is 2. The highest BCUT2D eigenvalue weighted by molar-refractivity contribution is 4.98. The van der Waals surface area contributed by atoms with Gasteiger partial charge in [0.25, 0.3) is 0 Å². The van der Waals surface area contributed by atoms with Gasteiger partial charge in [-0.15, -0.1) is 0 Å². The molecule has 3 nitrogen and oxygen atoms in total. The van der Waals surface area contributed by atoms with Gasteiger partial charge in [0.1, 0.15) is 0 Å². The SMILES string of the molecule is CCNC1CC2CCC(C1)N2CC1CCCN(C)C1. The highest BCUT2D eigenvalue weighted by Crippen LogP contribution is 2.36. The fourth-order valence-electron chi connectivity index (χ4n) is 4.75. The molecule has 3 unspecified atom stereocenters. The molecule has 0 spiro atoms. The van der Waals surface area contributed by atoms with Crippen LogP contribution in [0.3, 0.4) is 0 Å². The Balaban J connectivity index is 1.55. The summed E-state index contributed by atoms with van der Waals surface area (Å²) < 4.78 is 0.